The molecule has 1 aromatic carbocycles. The number of hydrogen-bond acceptors (Lipinski definition) is 4. The number of nitrogen functional groups attached to an aromatic ring is 1. The second-order valence-electron chi connectivity index (χ2n) is 4.91. The third-order valence-electron chi connectivity index (χ3n) is 3.41. The molecule has 0 fully saturated rings. The summed E-state index contributed by atoms with van der Waals surface area (Å²) in [5.41, 5.74) is 10.8. The number of aromatic hydroxyl groups is 1. The van der Waals surface area contributed by atoms with Crippen molar-refractivity contribution < 1.29 is 23.4 Å². The van der Waals surface area contributed by atoms with Gasteiger partial charge in [-0.3, -0.25) is 0 Å². The lowest BCUT2D eigenvalue weighted by atomic mass is 9.84. The van der Waals surface area contributed by atoms with E-state index in [2.05, 4.69) is 0 Å². The molecule has 0 saturated heterocycles. The van der Waals surface area contributed by atoms with Crippen LogP contribution in [0.1, 0.15) is 24.3 Å². The molecule has 4 nitrogen and oxygen atoms in total. The maximum atomic E-state index is 13.4. The number of phenolic OH excluding ortho intramolecular Hbond substituents is 1. The first-order valence-electron chi connectivity index (χ1n) is 6.23. The van der Waals surface area contributed by atoms with Crippen molar-refractivity contribution in [3.63, 3.8) is 0 Å². The van der Waals surface area contributed by atoms with Gasteiger partial charge in [0.05, 0.1) is 11.4 Å². The molecule has 1 aliphatic rings. The van der Waals surface area contributed by atoms with Gasteiger partial charge in [-0.1, -0.05) is 11.6 Å². The summed E-state index contributed by atoms with van der Waals surface area (Å²) in [6.45, 7) is 0. The van der Waals surface area contributed by atoms with Gasteiger partial charge in [0.25, 0.3) is 0 Å². The van der Waals surface area contributed by atoms with Crippen LogP contribution in [0.25, 0.3) is 0 Å². The van der Waals surface area contributed by atoms with E-state index in [1.807, 2.05) is 0 Å². The average Bonchev–Trinajstić information content (AvgIpc) is 2.37. The predicted molar refractivity (Wildman–Crippen MR) is 72.5 cm³/mol. The van der Waals surface area contributed by atoms with Crippen molar-refractivity contribution in [1.29, 1.82) is 0 Å². The van der Waals surface area contributed by atoms with Gasteiger partial charge in [0.15, 0.2) is 0 Å². The lowest BCUT2D eigenvalue weighted by Crippen LogP contribution is -2.24. The van der Waals surface area contributed by atoms with Gasteiger partial charge < -0.3 is 21.7 Å². The van der Waals surface area contributed by atoms with Crippen LogP contribution < -0.4 is 11.5 Å². The van der Waals surface area contributed by atoms with E-state index in [9.17, 15) is 23.4 Å². The molecule has 7 heteroatoms. The standard InChI is InChI=1S/C14H15F3N2O2/c15-14(16,17)13(7-1-3-11(20)9(18)5-7)8-2-4-12(21)10(19)6-8/h1,3,5-6,13,20-21H,2,4,18-19H2. The molecular weight excluding hydrogens is 285 g/mol. The van der Waals surface area contributed by atoms with E-state index < -0.39 is 12.1 Å². The summed E-state index contributed by atoms with van der Waals surface area (Å²) in [5, 5.41) is 18.7. The van der Waals surface area contributed by atoms with E-state index in [0.717, 1.165) is 18.2 Å². The predicted octanol–water partition coefficient (Wildman–Crippen LogP) is 3.07. The zero-order chi connectivity index (χ0) is 15.8. The van der Waals surface area contributed by atoms with E-state index in [0.29, 0.717) is 0 Å². The summed E-state index contributed by atoms with van der Waals surface area (Å²) in [4.78, 5) is 0. The quantitative estimate of drug-likeness (QED) is 0.499. The Morgan fingerprint density at radius 1 is 1.10 bits per heavy atom. The van der Waals surface area contributed by atoms with E-state index in [-0.39, 0.29) is 46.9 Å². The van der Waals surface area contributed by atoms with E-state index >= 15 is 0 Å². The Balaban J connectivity index is 2.50. The van der Waals surface area contributed by atoms with Crippen LogP contribution in [0.2, 0.25) is 0 Å². The maximum Gasteiger partial charge on any atom is 0.399 e. The number of allylic oxidation sites excluding steroid dienone is 3. The van der Waals surface area contributed by atoms with Gasteiger partial charge in [-0.15, -0.1) is 0 Å². The van der Waals surface area contributed by atoms with Crippen molar-refractivity contribution in [2.24, 2.45) is 5.73 Å². The zero-order valence-electron chi connectivity index (χ0n) is 11.0. The number of aliphatic hydroxyl groups excluding tert-OH is 1. The number of nitrogens with two attached hydrogens (primary N) is 2. The van der Waals surface area contributed by atoms with Gasteiger partial charge in [-0.2, -0.15) is 13.2 Å². The minimum absolute atomic E-state index is 0.0531. The van der Waals surface area contributed by atoms with Crippen LogP contribution in [-0.4, -0.2) is 16.4 Å². The van der Waals surface area contributed by atoms with E-state index in [1.165, 1.54) is 6.07 Å². The Kier molecular flexibility index (Phi) is 3.76. The van der Waals surface area contributed by atoms with Gasteiger partial charge in [0.2, 0.25) is 0 Å². The molecule has 1 aliphatic carbocycles. The Morgan fingerprint density at radius 2 is 1.76 bits per heavy atom. The molecule has 1 aromatic rings. The number of benzene rings is 1. The Morgan fingerprint density at radius 3 is 2.29 bits per heavy atom. The van der Waals surface area contributed by atoms with Crippen LogP contribution in [0.3, 0.4) is 0 Å². The number of aliphatic hydroxyl groups is 1. The second kappa shape index (κ2) is 5.23. The molecule has 0 aliphatic heterocycles. The first kappa shape index (κ1) is 15.1. The average molecular weight is 300 g/mol. The van der Waals surface area contributed by atoms with E-state index in [4.69, 9.17) is 11.5 Å². The minimum atomic E-state index is -4.53. The third kappa shape index (κ3) is 3.07. The van der Waals surface area contributed by atoms with Crippen molar-refractivity contribution >= 4 is 5.69 Å². The summed E-state index contributed by atoms with van der Waals surface area (Å²) in [7, 11) is 0. The fraction of sp³-hybridized carbons (Fsp3) is 0.286. The number of anilines is 1. The van der Waals surface area contributed by atoms with Gasteiger partial charge >= 0.3 is 6.18 Å². The molecular formula is C14H15F3N2O2. The molecule has 0 spiro atoms. The van der Waals surface area contributed by atoms with Crippen molar-refractivity contribution in [2.45, 2.75) is 24.9 Å². The lowest BCUT2D eigenvalue weighted by molar-refractivity contribution is -0.142. The smallest absolute Gasteiger partial charge is 0.399 e. The zero-order valence-corrected chi connectivity index (χ0v) is 11.0. The molecule has 0 amide bonds. The minimum Gasteiger partial charge on any atom is -0.510 e. The van der Waals surface area contributed by atoms with Crippen LogP contribution in [0, 0.1) is 0 Å². The monoisotopic (exact) mass is 300 g/mol. The second-order valence-corrected chi connectivity index (χ2v) is 4.91. The number of rotatable bonds is 2. The number of phenols is 1. The first-order chi connectivity index (χ1) is 9.70. The molecule has 6 N–H and O–H groups in total. The van der Waals surface area contributed by atoms with Gasteiger partial charge in [0.1, 0.15) is 17.4 Å². The highest BCUT2D eigenvalue weighted by atomic mass is 19.4. The maximum absolute atomic E-state index is 13.4. The van der Waals surface area contributed by atoms with Crippen LogP contribution in [0.15, 0.2) is 41.3 Å². The summed E-state index contributed by atoms with van der Waals surface area (Å²) in [6.07, 6.45) is -3.25. The van der Waals surface area contributed by atoms with Crippen LogP contribution in [0.5, 0.6) is 5.75 Å². The molecule has 114 valence electrons. The van der Waals surface area contributed by atoms with Crippen molar-refractivity contribution in [3.8, 4) is 5.75 Å². The topological polar surface area (TPSA) is 92.5 Å². The lowest BCUT2D eigenvalue weighted by Gasteiger charge is -2.26. The first-order valence-corrected chi connectivity index (χ1v) is 6.23. The summed E-state index contributed by atoms with van der Waals surface area (Å²) in [6, 6.07) is 3.41. The summed E-state index contributed by atoms with van der Waals surface area (Å²) < 4.78 is 40.1. The molecule has 2 rings (SSSR count). The number of alkyl halides is 3. The largest absolute Gasteiger partial charge is 0.510 e. The van der Waals surface area contributed by atoms with Crippen molar-refractivity contribution in [2.75, 3.05) is 5.73 Å². The van der Waals surface area contributed by atoms with E-state index in [1.54, 1.807) is 0 Å². The van der Waals surface area contributed by atoms with Crippen LogP contribution in [0.4, 0.5) is 18.9 Å². The van der Waals surface area contributed by atoms with Crippen LogP contribution >= 0.6 is 0 Å². The fourth-order valence-corrected chi connectivity index (χ4v) is 2.36. The molecule has 1 atom stereocenters. The fourth-order valence-electron chi connectivity index (χ4n) is 2.36. The highest BCUT2D eigenvalue weighted by molar-refractivity contribution is 5.55. The number of hydrogen-bond donors (Lipinski definition) is 4. The van der Waals surface area contributed by atoms with Gasteiger partial charge in [-0.05, 0) is 30.2 Å². The Bertz CT molecular complexity index is 621. The number of halogens is 3. The van der Waals surface area contributed by atoms with Gasteiger partial charge in [-0.25, -0.2) is 0 Å². The molecule has 0 saturated carbocycles. The SMILES string of the molecule is NC1=C(O)CCC(C(c2ccc(O)c(N)c2)C(F)(F)F)=C1. The highest BCUT2D eigenvalue weighted by Gasteiger charge is 2.43. The highest BCUT2D eigenvalue weighted by Crippen LogP contribution is 2.44. The summed E-state index contributed by atoms with van der Waals surface area (Å²) >= 11 is 0. The van der Waals surface area contributed by atoms with Crippen LogP contribution in [-0.2, 0) is 0 Å². The molecule has 0 radical (unpaired) electrons. The normalized spacial score (nSPS) is 17.6. The Labute approximate surface area is 119 Å². The van der Waals surface area contributed by atoms with Gasteiger partial charge in [0, 0.05) is 6.42 Å². The molecule has 0 heterocycles. The Hall–Kier alpha value is -2.31. The molecule has 0 aromatic heterocycles. The molecule has 21 heavy (non-hydrogen) atoms. The van der Waals surface area contributed by atoms with Crippen molar-refractivity contribution in [1.82, 2.24) is 0 Å². The third-order valence-corrected chi connectivity index (χ3v) is 3.41. The van der Waals surface area contributed by atoms with Crippen molar-refractivity contribution in [3.05, 3.63) is 46.9 Å². The molecule has 0 bridgehead atoms. The molecule has 1 unspecified atom stereocenters. The summed E-state index contributed by atoms with van der Waals surface area (Å²) in [5.74, 6) is -2.24.